The van der Waals surface area contributed by atoms with Crippen LogP contribution < -0.4 is 15.5 Å². The molecule has 1 saturated heterocycles. The minimum atomic E-state index is -3.53. The Morgan fingerprint density at radius 1 is 1.11 bits per heavy atom. The largest absolute Gasteiger partial charge is 0.347 e. The molecule has 1 heterocycles. The topological polar surface area (TPSA) is 100 Å². The number of likely N-dealkylation sites (N-methyl/N-ethyl adjacent to an activating group) is 1. The molecule has 1 atom stereocenters. The summed E-state index contributed by atoms with van der Waals surface area (Å²) in [5, 5.41) is 5.58. The summed E-state index contributed by atoms with van der Waals surface area (Å²) >= 11 is 0. The summed E-state index contributed by atoms with van der Waals surface area (Å²) in [7, 11) is -1.77. The zero-order valence-corrected chi connectivity index (χ0v) is 17.9. The third kappa shape index (κ3) is 6.57. The van der Waals surface area contributed by atoms with Gasteiger partial charge in [0, 0.05) is 24.3 Å². The van der Waals surface area contributed by atoms with E-state index in [0.29, 0.717) is 18.8 Å². The monoisotopic (exact) mass is 411 g/mol. The molecule has 2 rings (SSSR count). The van der Waals surface area contributed by atoms with Gasteiger partial charge in [-0.2, -0.15) is 4.31 Å². The molecule has 28 heavy (non-hydrogen) atoms. The highest BCUT2D eigenvalue weighted by atomic mass is 32.2. The van der Waals surface area contributed by atoms with Crippen LogP contribution in [0.3, 0.4) is 0 Å². The van der Waals surface area contributed by atoms with E-state index in [9.17, 15) is 18.0 Å². The minimum Gasteiger partial charge on any atom is -0.347 e. The molecule has 0 aromatic heterocycles. The molecule has 1 aromatic carbocycles. The number of hydrogen-bond acceptors (Lipinski definition) is 4. The second kappa shape index (κ2) is 9.02. The summed E-state index contributed by atoms with van der Waals surface area (Å²) < 4.78 is 26.8. The number of nitrogens with zero attached hydrogens (tertiary/aromatic N) is 1. The molecule has 1 fully saturated rings. The van der Waals surface area contributed by atoms with Gasteiger partial charge in [0.2, 0.25) is 10.0 Å². The SMILES string of the molecule is C[NH+](CC(=O)Nc1cccc(S(=O)(=O)N2CCCC2)c1)CC(=O)NC(C)(C)C. The first kappa shape index (κ1) is 22.3. The fourth-order valence-corrected chi connectivity index (χ4v) is 4.65. The van der Waals surface area contributed by atoms with E-state index in [4.69, 9.17) is 0 Å². The van der Waals surface area contributed by atoms with Crippen LogP contribution in [0.5, 0.6) is 0 Å². The van der Waals surface area contributed by atoms with Crippen molar-refractivity contribution in [3.8, 4) is 0 Å². The quantitative estimate of drug-likeness (QED) is 0.580. The average molecular weight is 412 g/mol. The zero-order valence-electron chi connectivity index (χ0n) is 17.0. The molecule has 9 heteroatoms. The lowest BCUT2D eigenvalue weighted by molar-refractivity contribution is -0.862. The maximum Gasteiger partial charge on any atom is 0.279 e. The number of anilines is 1. The molecule has 0 bridgehead atoms. The summed E-state index contributed by atoms with van der Waals surface area (Å²) in [6, 6.07) is 6.29. The second-order valence-corrected chi connectivity index (χ2v) is 10.2. The lowest BCUT2D eigenvalue weighted by Gasteiger charge is -2.21. The summed E-state index contributed by atoms with van der Waals surface area (Å²) in [6.07, 6.45) is 1.74. The molecule has 1 unspecified atom stereocenters. The first-order valence-corrected chi connectivity index (χ1v) is 10.9. The van der Waals surface area contributed by atoms with Crippen LogP contribution in [-0.4, -0.2) is 63.3 Å². The van der Waals surface area contributed by atoms with Crippen LogP contribution in [0.2, 0.25) is 0 Å². The molecule has 0 spiro atoms. The maximum atomic E-state index is 12.7. The minimum absolute atomic E-state index is 0.0979. The third-order valence-electron chi connectivity index (χ3n) is 4.26. The number of nitrogens with one attached hydrogen (secondary N) is 3. The van der Waals surface area contributed by atoms with E-state index in [1.54, 1.807) is 19.2 Å². The van der Waals surface area contributed by atoms with Gasteiger partial charge < -0.3 is 15.5 Å². The molecule has 2 amide bonds. The molecular weight excluding hydrogens is 380 g/mol. The normalized spacial score (nSPS) is 16.6. The molecule has 1 aliphatic rings. The first-order valence-electron chi connectivity index (χ1n) is 9.50. The van der Waals surface area contributed by atoms with Gasteiger partial charge in [-0.05, 0) is 51.8 Å². The van der Waals surface area contributed by atoms with Crippen molar-refractivity contribution in [3.63, 3.8) is 0 Å². The highest BCUT2D eigenvalue weighted by Crippen LogP contribution is 2.23. The summed E-state index contributed by atoms with van der Waals surface area (Å²) in [5.74, 6) is -0.409. The molecule has 8 nitrogen and oxygen atoms in total. The number of carbonyl (C=O) groups excluding carboxylic acids is 2. The summed E-state index contributed by atoms with van der Waals surface area (Å²) in [4.78, 5) is 25.2. The van der Waals surface area contributed by atoms with Gasteiger partial charge >= 0.3 is 0 Å². The lowest BCUT2D eigenvalue weighted by atomic mass is 10.1. The molecule has 0 aliphatic carbocycles. The Morgan fingerprint density at radius 2 is 1.71 bits per heavy atom. The Morgan fingerprint density at radius 3 is 2.32 bits per heavy atom. The average Bonchev–Trinajstić information content (AvgIpc) is 3.07. The third-order valence-corrected chi connectivity index (χ3v) is 6.15. The fraction of sp³-hybridized carbons (Fsp3) is 0.579. The molecule has 156 valence electrons. The Balaban J connectivity index is 1.94. The Kier molecular flexibility index (Phi) is 7.19. The zero-order chi connectivity index (χ0) is 20.9. The predicted molar refractivity (Wildman–Crippen MR) is 108 cm³/mol. The van der Waals surface area contributed by atoms with Gasteiger partial charge in [-0.15, -0.1) is 0 Å². The van der Waals surface area contributed by atoms with Gasteiger partial charge in [0.25, 0.3) is 11.8 Å². The van der Waals surface area contributed by atoms with Crippen LogP contribution in [0.15, 0.2) is 29.2 Å². The number of sulfonamides is 1. The molecule has 3 N–H and O–H groups in total. The van der Waals surface area contributed by atoms with Gasteiger partial charge in [0.05, 0.1) is 11.9 Å². The van der Waals surface area contributed by atoms with Crippen molar-refractivity contribution in [3.05, 3.63) is 24.3 Å². The van der Waals surface area contributed by atoms with E-state index in [0.717, 1.165) is 17.7 Å². The lowest BCUT2D eigenvalue weighted by Crippen LogP contribution is -3.11. The second-order valence-electron chi connectivity index (χ2n) is 8.30. The highest BCUT2D eigenvalue weighted by molar-refractivity contribution is 7.89. The van der Waals surface area contributed by atoms with Crippen molar-refractivity contribution in [1.82, 2.24) is 9.62 Å². The van der Waals surface area contributed by atoms with E-state index in [-0.39, 0.29) is 35.3 Å². The maximum absolute atomic E-state index is 12.7. The van der Waals surface area contributed by atoms with Crippen molar-refractivity contribution in [2.24, 2.45) is 0 Å². The van der Waals surface area contributed by atoms with Crippen molar-refractivity contribution in [2.45, 2.75) is 44.0 Å². The number of hydrogen-bond donors (Lipinski definition) is 3. The van der Waals surface area contributed by atoms with E-state index in [1.165, 1.54) is 16.4 Å². The first-order chi connectivity index (χ1) is 13.0. The Hall–Kier alpha value is -1.97. The number of benzene rings is 1. The van der Waals surface area contributed by atoms with E-state index >= 15 is 0 Å². The van der Waals surface area contributed by atoms with Crippen molar-refractivity contribution < 1.29 is 22.9 Å². The van der Waals surface area contributed by atoms with Crippen LogP contribution in [0.25, 0.3) is 0 Å². The molecule has 1 aliphatic heterocycles. The van der Waals surface area contributed by atoms with Crippen LogP contribution in [0, 0.1) is 0 Å². The predicted octanol–water partition coefficient (Wildman–Crippen LogP) is -0.161. The van der Waals surface area contributed by atoms with Gasteiger partial charge in [0.15, 0.2) is 13.1 Å². The summed E-state index contributed by atoms with van der Waals surface area (Å²) in [5.41, 5.74) is 0.109. The van der Waals surface area contributed by atoms with Crippen LogP contribution in [-0.2, 0) is 19.6 Å². The summed E-state index contributed by atoms with van der Waals surface area (Å²) in [6.45, 7) is 7.03. The molecular formula is C19H31N4O4S+. The van der Waals surface area contributed by atoms with Crippen molar-refractivity contribution in [2.75, 3.05) is 38.5 Å². The molecule has 1 aromatic rings. The number of quaternary nitrogens is 1. The van der Waals surface area contributed by atoms with Gasteiger partial charge in [-0.3, -0.25) is 9.59 Å². The van der Waals surface area contributed by atoms with E-state index in [1.807, 2.05) is 20.8 Å². The van der Waals surface area contributed by atoms with Crippen LogP contribution >= 0.6 is 0 Å². The van der Waals surface area contributed by atoms with Crippen LogP contribution in [0.1, 0.15) is 33.6 Å². The Bertz CT molecular complexity index is 811. The number of rotatable bonds is 7. The van der Waals surface area contributed by atoms with Gasteiger partial charge in [-0.1, -0.05) is 6.07 Å². The highest BCUT2D eigenvalue weighted by Gasteiger charge is 2.27. The van der Waals surface area contributed by atoms with E-state index < -0.39 is 10.0 Å². The smallest absolute Gasteiger partial charge is 0.279 e. The fourth-order valence-electron chi connectivity index (χ4n) is 3.09. The molecule has 0 saturated carbocycles. The van der Waals surface area contributed by atoms with Gasteiger partial charge in [0.1, 0.15) is 0 Å². The van der Waals surface area contributed by atoms with Crippen molar-refractivity contribution in [1.29, 1.82) is 0 Å². The number of amides is 2. The van der Waals surface area contributed by atoms with Crippen molar-refractivity contribution >= 4 is 27.5 Å². The standard InChI is InChI=1S/C19H30N4O4S/c1-19(2,3)21-18(25)14-22(4)13-17(24)20-15-8-7-9-16(12-15)28(26,27)23-10-5-6-11-23/h7-9,12H,5-6,10-11,13-14H2,1-4H3,(H,20,24)(H,21,25)/p+1. The Labute approximate surface area is 167 Å². The van der Waals surface area contributed by atoms with Crippen LogP contribution in [0.4, 0.5) is 5.69 Å². The molecule has 0 radical (unpaired) electrons. The number of carbonyl (C=O) groups is 2. The van der Waals surface area contributed by atoms with Gasteiger partial charge in [-0.25, -0.2) is 8.42 Å². The van der Waals surface area contributed by atoms with E-state index in [2.05, 4.69) is 10.6 Å².